The van der Waals surface area contributed by atoms with E-state index < -0.39 is 0 Å². The number of nitrogens with one attached hydrogen (secondary N) is 1. The van der Waals surface area contributed by atoms with Crippen LogP contribution in [0.15, 0.2) is 29.2 Å². The van der Waals surface area contributed by atoms with E-state index in [9.17, 15) is 9.59 Å². The number of hydrogen-bond donors (Lipinski definition) is 2. The van der Waals surface area contributed by atoms with Crippen LogP contribution in [-0.2, 0) is 9.59 Å². The quantitative estimate of drug-likeness (QED) is 0.832. The summed E-state index contributed by atoms with van der Waals surface area (Å²) >= 11 is 1.66. The molecule has 0 heterocycles. The average Bonchev–Trinajstić information content (AvgIpc) is 2.93. The number of benzene rings is 1. The molecule has 124 valence electrons. The zero-order valence-electron chi connectivity index (χ0n) is 13.8. The standard InChI is InChI=1S/C18H24N2O2S/c1-18(2)12-8-9-13(18)15(14(12)16(19)21)17(22)20-10-4-6-11(23-3)7-5-10/h4-7,12-15H,8-9H2,1-3H3,(H2,19,21)(H,20,22). The lowest BCUT2D eigenvalue weighted by Crippen LogP contribution is -2.40. The Morgan fingerprint density at radius 3 is 2.22 bits per heavy atom. The first kappa shape index (κ1) is 16.4. The van der Waals surface area contributed by atoms with Gasteiger partial charge in [0.05, 0.1) is 11.8 Å². The normalized spacial score (nSPS) is 31.1. The largest absolute Gasteiger partial charge is 0.369 e. The van der Waals surface area contributed by atoms with Gasteiger partial charge in [0.1, 0.15) is 0 Å². The zero-order valence-corrected chi connectivity index (χ0v) is 14.7. The third-order valence-corrected chi connectivity index (χ3v) is 6.69. The van der Waals surface area contributed by atoms with Gasteiger partial charge in [-0.3, -0.25) is 9.59 Å². The average molecular weight is 332 g/mol. The lowest BCUT2D eigenvalue weighted by atomic mass is 9.78. The molecule has 0 radical (unpaired) electrons. The molecular weight excluding hydrogens is 308 g/mol. The molecule has 5 heteroatoms. The Hall–Kier alpha value is -1.49. The first-order chi connectivity index (χ1) is 10.9. The third-order valence-electron chi connectivity index (χ3n) is 5.94. The molecule has 0 aliphatic heterocycles. The molecule has 3 rings (SSSR count). The van der Waals surface area contributed by atoms with Crippen molar-refractivity contribution in [1.29, 1.82) is 0 Å². The minimum atomic E-state index is -0.339. The van der Waals surface area contributed by atoms with Crippen LogP contribution in [-0.4, -0.2) is 18.1 Å². The molecule has 2 saturated carbocycles. The minimum absolute atomic E-state index is 0.00438. The molecule has 2 aliphatic carbocycles. The molecule has 2 fully saturated rings. The predicted octanol–water partition coefficient (Wildman–Crippen LogP) is 3.13. The summed E-state index contributed by atoms with van der Waals surface area (Å²) in [5.41, 5.74) is 6.42. The van der Waals surface area contributed by atoms with Gasteiger partial charge < -0.3 is 11.1 Å². The van der Waals surface area contributed by atoms with Crippen LogP contribution in [0.2, 0.25) is 0 Å². The molecule has 4 unspecified atom stereocenters. The lowest BCUT2D eigenvalue weighted by Gasteiger charge is -2.27. The topological polar surface area (TPSA) is 72.2 Å². The van der Waals surface area contributed by atoms with Crippen molar-refractivity contribution in [2.24, 2.45) is 34.8 Å². The number of fused-ring (bicyclic) bond motifs is 2. The first-order valence-electron chi connectivity index (χ1n) is 8.10. The summed E-state index contributed by atoms with van der Waals surface area (Å²) in [6.45, 7) is 4.34. The van der Waals surface area contributed by atoms with E-state index in [1.54, 1.807) is 11.8 Å². The number of primary amides is 1. The van der Waals surface area contributed by atoms with Gasteiger partial charge in [0.25, 0.3) is 0 Å². The molecule has 2 aliphatic rings. The van der Waals surface area contributed by atoms with E-state index in [-0.39, 0.29) is 40.9 Å². The monoisotopic (exact) mass is 332 g/mol. The summed E-state index contributed by atoms with van der Waals surface area (Å²) in [6, 6.07) is 7.77. The molecule has 0 saturated heterocycles. The van der Waals surface area contributed by atoms with E-state index in [1.165, 1.54) is 0 Å². The number of anilines is 1. The second-order valence-corrected chi connectivity index (χ2v) is 8.16. The van der Waals surface area contributed by atoms with Crippen LogP contribution < -0.4 is 11.1 Å². The van der Waals surface area contributed by atoms with Gasteiger partial charge >= 0.3 is 0 Å². The van der Waals surface area contributed by atoms with E-state index in [4.69, 9.17) is 5.73 Å². The second-order valence-electron chi connectivity index (χ2n) is 7.28. The van der Waals surface area contributed by atoms with E-state index in [0.29, 0.717) is 0 Å². The molecule has 1 aromatic rings. The number of carbonyl (C=O) groups excluding carboxylic acids is 2. The SMILES string of the molecule is CSc1ccc(NC(=O)C2C(C(N)=O)C3CCC2C3(C)C)cc1. The maximum absolute atomic E-state index is 12.8. The Morgan fingerprint density at radius 1 is 1.13 bits per heavy atom. The van der Waals surface area contributed by atoms with Crippen LogP contribution in [0, 0.1) is 29.1 Å². The predicted molar refractivity (Wildman–Crippen MR) is 93.0 cm³/mol. The van der Waals surface area contributed by atoms with E-state index in [1.807, 2.05) is 30.5 Å². The highest BCUT2D eigenvalue weighted by Gasteiger charge is 2.62. The Bertz CT molecular complexity index is 626. The van der Waals surface area contributed by atoms with Gasteiger partial charge in [0, 0.05) is 10.6 Å². The van der Waals surface area contributed by atoms with Gasteiger partial charge in [-0.1, -0.05) is 13.8 Å². The number of amides is 2. The van der Waals surface area contributed by atoms with Crippen molar-refractivity contribution in [2.45, 2.75) is 31.6 Å². The smallest absolute Gasteiger partial charge is 0.228 e. The number of rotatable bonds is 4. The van der Waals surface area contributed by atoms with E-state index in [2.05, 4.69) is 19.2 Å². The molecule has 4 atom stereocenters. The Labute approximate surface area is 141 Å². The fourth-order valence-corrected chi connectivity index (χ4v) is 5.19. The molecule has 0 spiro atoms. The Morgan fingerprint density at radius 2 is 1.70 bits per heavy atom. The molecule has 2 amide bonds. The van der Waals surface area contributed by atoms with Crippen LogP contribution >= 0.6 is 11.8 Å². The first-order valence-corrected chi connectivity index (χ1v) is 9.33. The van der Waals surface area contributed by atoms with Crippen LogP contribution in [0.1, 0.15) is 26.7 Å². The summed E-state index contributed by atoms with van der Waals surface area (Å²) in [5, 5.41) is 2.99. The van der Waals surface area contributed by atoms with Gasteiger partial charge in [-0.15, -0.1) is 11.8 Å². The van der Waals surface area contributed by atoms with Crippen molar-refractivity contribution >= 4 is 29.3 Å². The molecule has 1 aromatic carbocycles. The number of thioether (sulfide) groups is 1. The Kier molecular flexibility index (Phi) is 4.17. The summed E-state index contributed by atoms with van der Waals surface area (Å²) < 4.78 is 0. The molecular formula is C18H24N2O2S. The maximum Gasteiger partial charge on any atom is 0.228 e. The Balaban J connectivity index is 1.81. The van der Waals surface area contributed by atoms with Crippen molar-refractivity contribution in [3.05, 3.63) is 24.3 Å². The molecule has 4 nitrogen and oxygen atoms in total. The van der Waals surface area contributed by atoms with Crippen molar-refractivity contribution in [1.82, 2.24) is 0 Å². The van der Waals surface area contributed by atoms with Crippen molar-refractivity contribution in [3.8, 4) is 0 Å². The molecule has 23 heavy (non-hydrogen) atoms. The van der Waals surface area contributed by atoms with Gasteiger partial charge in [0.15, 0.2) is 0 Å². The van der Waals surface area contributed by atoms with Crippen LogP contribution in [0.25, 0.3) is 0 Å². The highest BCUT2D eigenvalue weighted by Crippen LogP contribution is 2.63. The summed E-state index contributed by atoms with van der Waals surface area (Å²) in [4.78, 5) is 26.0. The van der Waals surface area contributed by atoms with Gasteiger partial charge in [-0.05, 0) is 60.6 Å². The van der Waals surface area contributed by atoms with Crippen molar-refractivity contribution in [2.75, 3.05) is 11.6 Å². The minimum Gasteiger partial charge on any atom is -0.369 e. The van der Waals surface area contributed by atoms with Gasteiger partial charge in [0.2, 0.25) is 11.8 Å². The highest BCUT2D eigenvalue weighted by molar-refractivity contribution is 7.98. The summed E-state index contributed by atoms with van der Waals surface area (Å²) in [7, 11) is 0. The number of nitrogens with two attached hydrogens (primary N) is 1. The zero-order chi connectivity index (χ0) is 16.8. The van der Waals surface area contributed by atoms with Crippen LogP contribution in [0.3, 0.4) is 0 Å². The molecule has 0 aromatic heterocycles. The fraction of sp³-hybridized carbons (Fsp3) is 0.556. The number of hydrogen-bond acceptors (Lipinski definition) is 3. The third kappa shape index (κ3) is 2.65. The maximum atomic E-state index is 12.8. The second kappa shape index (κ2) is 5.86. The molecule has 3 N–H and O–H groups in total. The van der Waals surface area contributed by atoms with Crippen LogP contribution in [0.4, 0.5) is 5.69 Å². The van der Waals surface area contributed by atoms with Gasteiger partial charge in [-0.2, -0.15) is 0 Å². The van der Waals surface area contributed by atoms with Crippen molar-refractivity contribution < 1.29 is 9.59 Å². The summed E-state index contributed by atoms with van der Waals surface area (Å²) in [6.07, 6.45) is 4.02. The van der Waals surface area contributed by atoms with E-state index >= 15 is 0 Å². The van der Waals surface area contributed by atoms with Gasteiger partial charge in [-0.25, -0.2) is 0 Å². The fourth-order valence-electron chi connectivity index (χ4n) is 4.78. The number of carbonyl (C=O) groups is 2. The van der Waals surface area contributed by atoms with Crippen molar-refractivity contribution in [3.63, 3.8) is 0 Å². The molecule has 2 bridgehead atoms. The van der Waals surface area contributed by atoms with E-state index in [0.717, 1.165) is 23.4 Å². The highest BCUT2D eigenvalue weighted by atomic mass is 32.2. The summed E-state index contributed by atoms with van der Waals surface area (Å²) in [5.74, 6) is -0.583. The van der Waals surface area contributed by atoms with Crippen LogP contribution in [0.5, 0.6) is 0 Å². The lowest BCUT2D eigenvalue weighted by molar-refractivity contribution is -0.132.